The van der Waals surface area contributed by atoms with E-state index in [-0.39, 0.29) is 0 Å². The predicted molar refractivity (Wildman–Crippen MR) is 70.0 cm³/mol. The van der Waals surface area contributed by atoms with E-state index in [4.69, 9.17) is 16.3 Å². The Bertz CT molecular complexity index is 566. The summed E-state index contributed by atoms with van der Waals surface area (Å²) in [7, 11) is 3.40. The fourth-order valence-electron chi connectivity index (χ4n) is 1.87. The van der Waals surface area contributed by atoms with Crippen LogP contribution >= 0.6 is 11.6 Å². The molecule has 0 saturated carbocycles. The molecule has 1 unspecified atom stereocenters. The van der Waals surface area contributed by atoms with Crippen LogP contribution < -0.4 is 4.74 Å². The Morgan fingerprint density at radius 1 is 1.39 bits per heavy atom. The zero-order valence-corrected chi connectivity index (χ0v) is 11.3. The van der Waals surface area contributed by atoms with Gasteiger partial charge in [0.05, 0.1) is 13.3 Å². The van der Waals surface area contributed by atoms with Crippen LogP contribution in [0.5, 0.6) is 5.75 Å². The predicted octanol–water partition coefficient (Wildman–Crippen LogP) is 2.47. The average molecular weight is 267 g/mol. The molecule has 0 fully saturated rings. The van der Waals surface area contributed by atoms with Crippen molar-refractivity contribution in [1.82, 2.24) is 9.78 Å². The molecule has 18 heavy (non-hydrogen) atoms. The molecule has 5 heteroatoms. The van der Waals surface area contributed by atoms with Crippen molar-refractivity contribution in [3.63, 3.8) is 0 Å². The minimum Gasteiger partial charge on any atom is -0.496 e. The fraction of sp³-hybridized carbons (Fsp3) is 0.308. The number of benzene rings is 1. The zero-order valence-electron chi connectivity index (χ0n) is 10.5. The first kappa shape index (κ1) is 12.9. The molecule has 1 N–H and O–H groups in total. The van der Waals surface area contributed by atoms with Crippen molar-refractivity contribution in [3.05, 3.63) is 46.2 Å². The normalized spacial score (nSPS) is 12.5. The first-order chi connectivity index (χ1) is 8.54. The lowest BCUT2D eigenvalue weighted by Crippen LogP contribution is -2.04. The highest BCUT2D eigenvalue weighted by Gasteiger charge is 2.19. The average Bonchev–Trinajstić information content (AvgIpc) is 2.69. The number of aromatic nitrogens is 2. The van der Waals surface area contributed by atoms with E-state index in [1.807, 2.05) is 14.0 Å². The molecule has 0 aliphatic rings. The Morgan fingerprint density at radius 3 is 2.67 bits per heavy atom. The van der Waals surface area contributed by atoms with Crippen molar-refractivity contribution in [2.24, 2.45) is 7.05 Å². The highest BCUT2D eigenvalue weighted by molar-refractivity contribution is 6.30. The van der Waals surface area contributed by atoms with Gasteiger partial charge in [-0.15, -0.1) is 0 Å². The number of aliphatic hydroxyl groups is 1. The lowest BCUT2D eigenvalue weighted by atomic mass is 10.0. The monoisotopic (exact) mass is 266 g/mol. The van der Waals surface area contributed by atoms with Gasteiger partial charge in [0.25, 0.3) is 0 Å². The summed E-state index contributed by atoms with van der Waals surface area (Å²) in [4.78, 5) is 0. The van der Waals surface area contributed by atoms with E-state index in [1.165, 1.54) is 0 Å². The Labute approximate surface area is 111 Å². The van der Waals surface area contributed by atoms with Crippen molar-refractivity contribution in [2.75, 3.05) is 7.11 Å². The number of aryl methyl sites for hydroxylation is 1. The molecule has 0 aliphatic heterocycles. The van der Waals surface area contributed by atoms with Gasteiger partial charge in [-0.05, 0) is 25.1 Å². The summed E-state index contributed by atoms with van der Waals surface area (Å²) in [6.45, 7) is 1.91. The molecule has 96 valence electrons. The van der Waals surface area contributed by atoms with Crippen molar-refractivity contribution >= 4 is 11.6 Å². The van der Waals surface area contributed by atoms with Gasteiger partial charge >= 0.3 is 0 Å². The highest BCUT2D eigenvalue weighted by Crippen LogP contribution is 2.33. The summed E-state index contributed by atoms with van der Waals surface area (Å²) in [6.07, 6.45) is 0.854. The maximum atomic E-state index is 10.4. The summed E-state index contributed by atoms with van der Waals surface area (Å²) in [5.74, 6) is 0.607. The molecule has 1 aromatic carbocycles. The van der Waals surface area contributed by atoms with Crippen molar-refractivity contribution in [2.45, 2.75) is 13.0 Å². The minimum atomic E-state index is -0.799. The molecule has 1 aromatic heterocycles. The van der Waals surface area contributed by atoms with Gasteiger partial charge in [-0.1, -0.05) is 11.6 Å². The van der Waals surface area contributed by atoms with Gasteiger partial charge in [0.15, 0.2) is 0 Å². The van der Waals surface area contributed by atoms with Gasteiger partial charge in [-0.25, -0.2) is 0 Å². The van der Waals surface area contributed by atoms with Crippen LogP contribution in [0, 0.1) is 6.92 Å². The summed E-state index contributed by atoms with van der Waals surface area (Å²) >= 11 is 5.96. The molecule has 4 nitrogen and oxygen atoms in total. The summed E-state index contributed by atoms with van der Waals surface area (Å²) < 4.78 is 6.96. The van der Waals surface area contributed by atoms with Crippen LogP contribution in [0.3, 0.4) is 0 Å². The Hall–Kier alpha value is -1.52. The summed E-state index contributed by atoms with van der Waals surface area (Å²) in [6, 6.07) is 5.18. The van der Waals surface area contributed by atoms with Crippen LogP contribution in [0.2, 0.25) is 5.02 Å². The van der Waals surface area contributed by atoms with E-state index in [0.29, 0.717) is 16.3 Å². The summed E-state index contributed by atoms with van der Waals surface area (Å²) in [5.41, 5.74) is 2.30. The second kappa shape index (κ2) is 5.00. The molecule has 0 aliphatic carbocycles. The van der Waals surface area contributed by atoms with Gasteiger partial charge in [-0.2, -0.15) is 5.10 Å². The molecule has 1 atom stereocenters. The number of halogens is 1. The van der Waals surface area contributed by atoms with E-state index in [2.05, 4.69) is 5.10 Å². The Morgan fingerprint density at radius 2 is 2.11 bits per heavy atom. The molecule has 0 radical (unpaired) electrons. The lowest BCUT2D eigenvalue weighted by Gasteiger charge is -2.15. The number of aliphatic hydroxyl groups excluding tert-OH is 1. The highest BCUT2D eigenvalue weighted by atomic mass is 35.5. The van der Waals surface area contributed by atoms with E-state index in [1.54, 1.807) is 36.2 Å². The molecular formula is C13H15ClN2O2. The van der Waals surface area contributed by atoms with Crippen LogP contribution in [0.15, 0.2) is 24.4 Å². The molecule has 0 amide bonds. The largest absolute Gasteiger partial charge is 0.496 e. The number of nitrogens with zero attached hydrogens (tertiary/aromatic N) is 2. The first-order valence-corrected chi connectivity index (χ1v) is 5.92. The minimum absolute atomic E-state index is 0.561. The number of hydrogen-bond donors (Lipinski definition) is 1. The van der Waals surface area contributed by atoms with Gasteiger partial charge in [0, 0.05) is 28.9 Å². The fourth-order valence-corrected chi connectivity index (χ4v) is 2.05. The van der Waals surface area contributed by atoms with Crippen LogP contribution in [-0.2, 0) is 7.05 Å². The second-order valence-corrected chi connectivity index (χ2v) is 4.53. The van der Waals surface area contributed by atoms with E-state index in [9.17, 15) is 5.11 Å². The first-order valence-electron chi connectivity index (χ1n) is 5.54. The Kier molecular flexibility index (Phi) is 3.59. The van der Waals surface area contributed by atoms with Crippen LogP contribution in [0.4, 0.5) is 0 Å². The quantitative estimate of drug-likeness (QED) is 0.928. The number of hydrogen-bond acceptors (Lipinski definition) is 3. The van der Waals surface area contributed by atoms with Crippen LogP contribution in [0.25, 0.3) is 0 Å². The van der Waals surface area contributed by atoms with Crippen LogP contribution in [-0.4, -0.2) is 22.0 Å². The third-order valence-corrected chi connectivity index (χ3v) is 3.29. The van der Waals surface area contributed by atoms with E-state index >= 15 is 0 Å². The topological polar surface area (TPSA) is 47.3 Å². The van der Waals surface area contributed by atoms with Gasteiger partial charge in [-0.3, -0.25) is 4.68 Å². The van der Waals surface area contributed by atoms with Crippen molar-refractivity contribution in [1.29, 1.82) is 0 Å². The third kappa shape index (κ3) is 2.21. The smallest absolute Gasteiger partial charge is 0.125 e. The molecule has 1 heterocycles. The summed E-state index contributed by atoms with van der Waals surface area (Å²) in [5, 5.41) is 15.1. The molecule has 0 saturated heterocycles. The SMILES string of the molecule is COc1ccc(Cl)cc1C(O)c1cnn(C)c1C. The van der Waals surface area contributed by atoms with Crippen molar-refractivity contribution in [3.8, 4) is 5.75 Å². The van der Waals surface area contributed by atoms with E-state index < -0.39 is 6.10 Å². The van der Waals surface area contributed by atoms with Gasteiger partial charge < -0.3 is 9.84 Å². The number of methoxy groups -OCH3 is 1. The Balaban J connectivity index is 2.48. The maximum absolute atomic E-state index is 10.4. The second-order valence-electron chi connectivity index (χ2n) is 4.10. The number of ether oxygens (including phenoxy) is 1. The molecule has 0 spiro atoms. The standard InChI is InChI=1S/C13H15ClN2O2/c1-8-11(7-15-16(8)2)13(17)10-6-9(14)4-5-12(10)18-3/h4-7,13,17H,1-3H3. The lowest BCUT2D eigenvalue weighted by molar-refractivity contribution is 0.214. The number of rotatable bonds is 3. The zero-order chi connectivity index (χ0) is 13.3. The van der Waals surface area contributed by atoms with Gasteiger partial charge in [0.1, 0.15) is 11.9 Å². The van der Waals surface area contributed by atoms with E-state index in [0.717, 1.165) is 11.3 Å². The molecular weight excluding hydrogens is 252 g/mol. The molecule has 2 rings (SSSR count). The maximum Gasteiger partial charge on any atom is 0.125 e. The van der Waals surface area contributed by atoms with Crippen LogP contribution in [0.1, 0.15) is 22.9 Å². The van der Waals surface area contributed by atoms with Gasteiger partial charge in [0.2, 0.25) is 0 Å². The third-order valence-electron chi connectivity index (χ3n) is 3.05. The van der Waals surface area contributed by atoms with Crippen molar-refractivity contribution < 1.29 is 9.84 Å². The molecule has 2 aromatic rings. The molecule has 0 bridgehead atoms.